The van der Waals surface area contributed by atoms with E-state index in [1.165, 1.54) is 44.9 Å². The molecular weight excluding hydrogens is 741 g/mol. The van der Waals surface area contributed by atoms with Crippen molar-refractivity contribution < 1.29 is 46.8 Å². The Morgan fingerprint density at radius 1 is 0.702 bits per heavy atom. The van der Waals surface area contributed by atoms with Crippen molar-refractivity contribution in [1.82, 2.24) is 0 Å². The minimum Gasteiger partial charge on any atom is -0.756 e. The molecule has 0 amide bonds. The van der Waals surface area contributed by atoms with Crippen LogP contribution in [0.5, 0.6) is 0 Å². The molecule has 0 bridgehead atoms. The first kappa shape index (κ1) is 52.4. The van der Waals surface area contributed by atoms with Crippen molar-refractivity contribution in [2.24, 2.45) is 0 Å². The highest BCUT2D eigenvalue weighted by molar-refractivity contribution is 7.45. The Morgan fingerprint density at radius 2 is 1.32 bits per heavy atom. The van der Waals surface area contributed by atoms with Gasteiger partial charge in [0.1, 0.15) is 25.9 Å². The molecule has 0 aromatic rings. The number of hydrogen-bond donors (Lipinski definition) is 0. The molecule has 57 heavy (non-hydrogen) atoms. The van der Waals surface area contributed by atoms with Crippen molar-refractivity contribution >= 4 is 19.8 Å². The van der Waals surface area contributed by atoms with Crippen LogP contribution in [0, 0.1) is 0 Å². The molecule has 11 heteroatoms. The minimum absolute atomic E-state index is 0.0132. The smallest absolute Gasteiger partial charge is 0.306 e. The highest BCUT2D eigenvalue weighted by atomic mass is 31.2. The van der Waals surface area contributed by atoms with Gasteiger partial charge in [0.05, 0.1) is 33.9 Å². The van der Waals surface area contributed by atoms with Crippen molar-refractivity contribution in [2.45, 2.75) is 161 Å². The highest BCUT2D eigenvalue weighted by Crippen LogP contribution is 2.38. The number of quaternary nitrogens is 1. The van der Waals surface area contributed by atoms with Crippen molar-refractivity contribution in [3.8, 4) is 0 Å². The Morgan fingerprint density at radius 3 is 2.00 bits per heavy atom. The summed E-state index contributed by atoms with van der Waals surface area (Å²) in [6.45, 7) is 3.96. The second-order valence-electron chi connectivity index (χ2n) is 15.8. The highest BCUT2D eigenvalue weighted by Gasteiger charge is 2.35. The standard InChI is InChI=1S/C46H78NO9P/c1-6-8-10-12-14-16-18-20-21-22-24-26-28-30-32-36-45(48)52-40-42(41-54-57(50,51)53-39-38-47(3,4)5)55-46(49)37-33-35-44-43(56-44)34-31-29-27-25-23-19-17-15-13-11-9-7-2/h9,11,15,17,20-21,23,25,27,29,31,34,42-44H,6-8,10,12-14,16,18-19,22,24,26,28,30,32-33,35-41H2,1-5H3/b11-9-,17-15-,21-20-,25-23-,29-27+,34-31+. The van der Waals surface area contributed by atoms with Crippen molar-refractivity contribution in [2.75, 3.05) is 47.5 Å². The largest absolute Gasteiger partial charge is 0.756 e. The summed E-state index contributed by atoms with van der Waals surface area (Å²) < 4.78 is 39.6. The number of phosphoric ester groups is 1. The van der Waals surface area contributed by atoms with Gasteiger partial charge < -0.3 is 32.6 Å². The number of epoxide rings is 1. The molecule has 1 aliphatic rings. The van der Waals surface area contributed by atoms with Crippen LogP contribution in [0.2, 0.25) is 0 Å². The molecule has 0 radical (unpaired) electrons. The van der Waals surface area contributed by atoms with Crippen LogP contribution in [0.15, 0.2) is 72.9 Å². The summed E-state index contributed by atoms with van der Waals surface area (Å²) >= 11 is 0. The van der Waals surface area contributed by atoms with E-state index in [0.717, 1.165) is 51.4 Å². The molecule has 326 valence electrons. The number of nitrogens with zero attached hydrogens (tertiary/aromatic N) is 1. The lowest BCUT2D eigenvalue weighted by Crippen LogP contribution is -2.37. The second-order valence-corrected chi connectivity index (χ2v) is 17.2. The van der Waals surface area contributed by atoms with E-state index in [1.807, 2.05) is 51.5 Å². The molecule has 4 unspecified atom stereocenters. The number of carbonyl (C=O) groups is 2. The van der Waals surface area contributed by atoms with Gasteiger partial charge in [0.25, 0.3) is 7.82 Å². The van der Waals surface area contributed by atoms with E-state index in [0.29, 0.717) is 30.3 Å². The first-order valence-electron chi connectivity index (χ1n) is 21.8. The molecular formula is C46H78NO9P. The molecule has 0 saturated carbocycles. The van der Waals surface area contributed by atoms with Crippen molar-refractivity contribution in [3.63, 3.8) is 0 Å². The van der Waals surface area contributed by atoms with Crippen molar-refractivity contribution in [1.29, 1.82) is 0 Å². The van der Waals surface area contributed by atoms with Crippen LogP contribution in [0.1, 0.15) is 142 Å². The van der Waals surface area contributed by atoms with Gasteiger partial charge in [-0.1, -0.05) is 138 Å². The summed E-state index contributed by atoms with van der Waals surface area (Å²) in [5.41, 5.74) is 0. The average Bonchev–Trinajstić information content (AvgIpc) is 3.91. The summed E-state index contributed by atoms with van der Waals surface area (Å²) in [7, 11) is 1.09. The fraction of sp³-hybridized carbons (Fsp3) is 0.696. The lowest BCUT2D eigenvalue weighted by Gasteiger charge is -2.28. The molecule has 0 aliphatic carbocycles. The van der Waals surface area contributed by atoms with Crippen LogP contribution < -0.4 is 4.89 Å². The zero-order valence-electron chi connectivity index (χ0n) is 36.2. The molecule has 1 fully saturated rings. The zero-order chi connectivity index (χ0) is 41.9. The van der Waals surface area contributed by atoms with E-state index in [1.54, 1.807) is 0 Å². The molecule has 10 nitrogen and oxygen atoms in total. The fourth-order valence-electron chi connectivity index (χ4n) is 5.67. The number of phosphoric acid groups is 1. The molecule has 0 aromatic carbocycles. The summed E-state index contributed by atoms with van der Waals surface area (Å²) in [6, 6.07) is 0. The Balaban J connectivity index is 2.38. The van der Waals surface area contributed by atoms with Crippen LogP contribution in [0.4, 0.5) is 0 Å². The van der Waals surface area contributed by atoms with Crippen LogP contribution in [0.3, 0.4) is 0 Å². The van der Waals surface area contributed by atoms with Gasteiger partial charge in [-0.05, 0) is 64.2 Å². The van der Waals surface area contributed by atoms with E-state index < -0.39 is 32.5 Å². The molecule has 1 rings (SSSR count). The number of rotatable bonds is 37. The number of allylic oxidation sites excluding steroid dienone is 11. The molecule has 1 heterocycles. The SMILES string of the molecule is CC/C=C\C/C=C\C\C=C/C=C/C=C/C1OC1CCCC(=O)OC(COC(=O)CCCCCCC/C=C\CCCCCCCC)COP(=O)([O-])OCC[N+](C)(C)C. The Kier molecular flexibility index (Phi) is 31.5. The first-order chi connectivity index (χ1) is 27.5. The Bertz CT molecular complexity index is 1270. The van der Waals surface area contributed by atoms with Crippen molar-refractivity contribution in [3.05, 3.63) is 72.9 Å². The summed E-state index contributed by atoms with van der Waals surface area (Å²) in [5.74, 6) is -0.949. The second kappa shape index (κ2) is 34.3. The molecule has 1 aliphatic heterocycles. The minimum atomic E-state index is -4.66. The third-order valence-corrected chi connectivity index (χ3v) is 10.1. The number of unbranched alkanes of at least 4 members (excludes halogenated alkanes) is 11. The van der Waals surface area contributed by atoms with E-state index >= 15 is 0 Å². The predicted octanol–water partition coefficient (Wildman–Crippen LogP) is 10.6. The number of ether oxygens (including phenoxy) is 3. The average molecular weight is 820 g/mol. The normalized spacial score (nSPS) is 17.9. The van der Waals surface area contributed by atoms with E-state index in [4.69, 9.17) is 23.3 Å². The van der Waals surface area contributed by atoms with Crippen LogP contribution >= 0.6 is 7.82 Å². The van der Waals surface area contributed by atoms with Gasteiger partial charge in [-0.2, -0.15) is 0 Å². The number of esters is 2. The van der Waals surface area contributed by atoms with Gasteiger partial charge in [-0.3, -0.25) is 14.2 Å². The van der Waals surface area contributed by atoms with E-state index in [9.17, 15) is 19.0 Å². The maximum Gasteiger partial charge on any atom is 0.306 e. The maximum absolute atomic E-state index is 12.7. The first-order valence-corrected chi connectivity index (χ1v) is 23.3. The van der Waals surface area contributed by atoms with Crippen LogP contribution in [-0.2, 0) is 37.4 Å². The lowest BCUT2D eigenvalue weighted by molar-refractivity contribution is -0.870. The Hall–Kier alpha value is -2.59. The number of likely N-dealkylation sites (N-methyl/N-ethyl adjacent to an activating group) is 1. The molecule has 0 N–H and O–H groups in total. The maximum atomic E-state index is 12.7. The van der Waals surface area contributed by atoms with Gasteiger partial charge in [0.2, 0.25) is 0 Å². The molecule has 1 saturated heterocycles. The van der Waals surface area contributed by atoms with Gasteiger partial charge in [0.15, 0.2) is 6.10 Å². The monoisotopic (exact) mass is 820 g/mol. The third-order valence-electron chi connectivity index (χ3n) is 9.18. The fourth-order valence-corrected chi connectivity index (χ4v) is 6.40. The van der Waals surface area contributed by atoms with Crippen LogP contribution in [0.25, 0.3) is 0 Å². The number of carbonyl (C=O) groups excluding carboxylic acids is 2. The van der Waals surface area contributed by atoms with E-state index in [-0.39, 0.29) is 38.3 Å². The summed E-state index contributed by atoms with van der Waals surface area (Å²) in [5, 5.41) is 0. The molecule has 0 aromatic heterocycles. The number of hydrogen-bond acceptors (Lipinski definition) is 9. The summed E-state index contributed by atoms with van der Waals surface area (Å²) in [4.78, 5) is 37.6. The summed E-state index contributed by atoms with van der Waals surface area (Å²) in [6.07, 6.45) is 43.9. The van der Waals surface area contributed by atoms with Gasteiger partial charge in [-0.25, -0.2) is 0 Å². The van der Waals surface area contributed by atoms with Crippen LogP contribution in [-0.4, -0.2) is 82.2 Å². The van der Waals surface area contributed by atoms with E-state index in [2.05, 4.69) is 56.4 Å². The lowest BCUT2D eigenvalue weighted by atomic mass is 10.1. The van der Waals surface area contributed by atoms with Gasteiger partial charge in [0, 0.05) is 12.8 Å². The Labute approximate surface area is 346 Å². The zero-order valence-corrected chi connectivity index (χ0v) is 37.1. The third kappa shape index (κ3) is 35.1. The molecule has 4 atom stereocenters. The topological polar surface area (TPSA) is 124 Å². The quantitative estimate of drug-likeness (QED) is 0.0115. The molecule has 0 spiro atoms. The van der Waals surface area contributed by atoms with Gasteiger partial charge in [-0.15, -0.1) is 0 Å². The predicted molar refractivity (Wildman–Crippen MR) is 230 cm³/mol. The van der Waals surface area contributed by atoms with Gasteiger partial charge >= 0.3 is 11.9 Å².